The van der Waals surface area contributed by atoms with Crippen LogP contribution >= 0.6 is 11.3 Å². The summed E-state index contributed by atoms with van der Waals surface area (Å²) >= 11 is 0.658. The molecule has 1 saturated heterocycles. The molecule has 0 spiro atoms. The van der Waals surface area contributed by atoms with Gasteiger partial charge in [0.15, 0.2) is 22.1 Å². The average molecular weight is 507 g/mol. The molecule has 14 heteroatoms. The molecule has 1 amide bonds. The fourth-order valence-electron chi connectivity index (χ4n) is 2.87. The zero-order valence-electron chi connectivity index (χ0n) is 17.5. The molecule has 4 rings (SSSR count). The molecule has 0 bridgehead atoms. The van der Waals surface area contributed by atoms with Crippen LogP contribution in [0.25, 0.3) is 0 Å². The van der Waals surface area contributed by atoms with Gasteiger partial charge in [0.25, 0.3) is 5.91 Å². The summed E-state index contributed by atoms with van der Waals surface area (Å²) in [4.78, 5) is 29.9. The number of anilines is 1. The van der Waals surface area contributed by atoms with E-state index in [2.05, 4.69) is 30.1 Å². The minimum Gasteiger partial charge on any atom is -0.389 e. The molecule has 1 aliphatic rings. The van der Waals surface area contributed by atoms with Gasteiger partial charge in [0.2, 0.25) is 10.0 Å². The molecule has 2 aromatic heterocycles. The maximum Gasteiger partial charge on any atom is 0.280 e. The Labute approximate surface area is 198 Å². The number of rotatable bonds is 9. The summed E-state index contributed by atoms with van der Waals surface area (Å²) in [5, 5.41) is 5.92. The van der Waals surface area contributed by atoms with Crippen LogP contribution in [-0.4, -0.2) is 54.3 Å². The van der Waals surface area contributed by atoms with E-state index in [0.29, 0.717) is 42.4 Å². The van der Waals surface area contributed by atoms with Gasteiger partial charge in [-0.05, 0) is 18.2 Å². The number of halogens is 1. The number of sulfonamides is 1. The van der Waals surface area contributed by atoms with Crippen LogP contribution in [-0.2, 0) is 30.9 Å². The number of thiazole rings is 1. The molecule has 3 heterocycles. The monoisotopic (exact) mass is 506 g/mol. The Balaban J connectivity index is 1.52. The minimum atomic E-state index is -3.86. The van der Waals surface area contributed by atoms with Crippen LogP contribution < -0.4 is 10.0 Å². The van der Waals surface area contributed by atoms with Crippen molar-refractivity contribution in [3.8, 4) is 0 Å². The number of nitrogens with one attached hydrogen (secondary N) is 2. The maximum atomic E-state index is 13.2. The first-order valence-corrected chi connectivity index (χ1v) is 12.3. The van der Waals surface area contributed by atoms with E-state index >= 15 is 0 Å². The van der Waals surface area contributed by atoms with Crippen molar-refractivity contribution in [1.82, 2.24) is 19.7 Å². The highest BCUT2D eigenvalue weighted by Gasteiger charge is 2.22. The smallest absolute Gasteiger partial charge is 0.280 e. The highest BCUT2D eigenvalue weighted by Crippen LogP contribution is 2.18. The first-order valence-electron chi connectivity index (χ1n) is 10.0. The number of carbonyl (C=O) groups is 1. The molecular weight excluding hydrogens is 487 g/mol. The standard InChI is InChI=1S/C20H19FN6O5S2/c21-16-10-24-20(33-16)26-19(28)18(27-32-14-6-9-31-12-14)13-2-4-15(5-3-13)34(29,30)25-11-17-22-7-1-8-23-17/h1-5,7-8,10,14,25H,6,9,11-12H2,(H,24,26,28)/b27-18+/t14-/m1/s1. The van der Waals surface area contributed by atoms with Gasteiger partial charge in [0.1, 0.15) is 5.82 Å². The summed E-state index contributed by atoms with van der Waals surface area (Å²) in [5.74, 6) is -0.372. The van der Waals surface area contributed by atoms with Crippen LogP contribution in [0.1, 0.15) is 17.8 Å². The van der Waals surface area contributed by atoms with E-state index in [1.54, 1.807) is 6.07 Å². The Morgan fingerprint density at radius 3 is 2.65 bits per heavy atom. The van der Waals surface area contributed by atoms with Crippen molar-refractivity contribution in [1.29, 1.82) is 0 Å². The quantitative estimate of drug-likeness (QED) is 0.330. The SMILES string of the molecule is O=C(Nc1ncc(F)s1)/C(=N/O[C@@H]1CCOC1)c1ccc(S(=O)(=O)NCc2ncccn2)cc1. The third kappa shape index (κ3) is 6.17. The third-order valence-corrected chi connectivity index (χ3v) is 6.69. The van der Waals surface area contributed by atoms with E-state index in [9.17, 15) is 17.6 Å². The van der Waals surface area contributed by atoms with Gasteiger partial charge in [-0.25, -0.2) is 28.1 Å². The Morgan fingerprint density at radius 1 is 1.24 bits per heavy atom. The largest absolute Gasteiger partial charge is 0.389 e. The fraction of sp³-hybridized carbons (Fsp3) is 0.250. The summed E-state index contributed by atoms with van der Waals surface area (Å²) in [6.07, 6.45) is 4.30. The molecule has 0 saturated carbocycles. The summed E-state index contributed by atoms with van der Waals surface area (Å²) < 4.78 is 46.1. The lowest BCUT2D eigenvalue weighted by Crippen LogP contribution is -2.26. The molecule has 0 aliphatic carbocycles. The second-order valence-corrected chi connectivity index (χ2v) is 9.72. The summed E-state index contributed by atoms with van der Waals surface area (Å²) in [6.45, 7) is 0.777. The van der Waals surface area contributed by atoms with Crippen LogP contribution in [0.5, 0.6) is 0 Å². The van der Waals surface area contributed by atoms with Crippen molar-refractivity contribution in [3.05, 3.63) is 65.4 Å². The molecule has 11 nitrogen and oxygen atoms in total. The van der Waals surface area contributed by atoms with E-state index in [-0.39, 0.29) is 28.4 Å². The van der Waals surface area contributed by atoms with Crippen molar-refractivity contribution in [2.24, 2.45) is 5.16 Å². The predicted octanol–water partition coefficient (Wildman–Crippen LogP) is 1.70. The average Bonchev–Trinajstić information content (AvgIpc) is 3.51. The number of amides is 1. The highest BCUT2D eigenvalue weighted by molar-refractivity contribution is 7.89. The van der Waals surface area contributed by atoms with Crippen molar-refractivity contribution < 1.29 is 27.2 Å². The Kier molecular flexibility index (Phi) is 7.52. The van der Waals surface area contributed by atoms with E-state index in [1.165, 1.54) is 36.7 Å². The zero-order valence-corrected chi connectivity index (χ0v) is 19.2. The lowest BCUT2D eigenvalue weighted by Gasteiger charge is -2.11. The number of nitrogens with zero attached hydrogens (tertiary/aromatic N) is 4. The summed E-state index contributed by atoms with van der Waals surface area (Å²) in [6, 6.07) is 7.12. The lowest BCUT2D eigenvalue weighted by molar-refractivity contribution is -0.110. The van der Waals surface area contributed by atoms with Crippen LogP contribution in [0.2, 0.25) is 0 Å². The molecule has 34 heavy (non-hydrogen) atoms. The zero-order chi connectivity index (χ0) is 24.0. The Hall–Kier alpha value is -3.33. The van der Waals surface area contributed by atoms with Gasteiger partial charge in [-0.15, -0.1) is 0 Å². The number of ether oxygens (including phenoxy) is 1. The van der Waals surface area contributed by atoms with Gasteiger partial charge < -0.3 is 9.57 Å². The number of benzene rings is 1. The third-order valence-electron chi connectivity index (χ3n) is 4.57. The van der Waals surface area contributed by atoms with Crippen LogP contribution in [0.4, 0.5) is 9.52 Å². The fourth-order valence-corrected chi connectivity index (χ4v) is 4.39. The summed E-state index contributed by atoms with van der Waals surface area (Å²) in [7, 11) is -3.86. The molecule has 1 atom stereocenters. The van der Waals surface area contributed by atoms with Crippen molar-refractivity contribution in [3.63, 3.8) is 0 Å². The van der Waals surface area contributed by atoms with Crippen LogP contribution in [0.3, 0.4) is 0 Å². The number of aromatic nitrogens is 3. The lowest BCUT2D eigenvalue weighted by atomic mass is 10.1. The topological polar surface area (TPSA) is 145 Å². The van der Waals surface area contributed by atoms with Gasteiger partial charge in [0, 0.05) is 24.4 Å². The van der Waals surface area contributed by atoms with Crippen LogP contribution in [0.15, 0.2) is 59.0 Å². The molecule has 2 N–H and O–H groups in total. The van der Waals surface area contributed by atoms with E-state index in [4.69, 9.17) is 9.57 Å². The maximum absolute atomic E-state index is 13.2. The first kappa shape index (κ1) is 23.8. The van der Waals surface area contributed by atoms with Gasteiger partial charge in [-0.1, -0.05) is 28.6 Å². The van der Waals surface area contributed by atoms with Crippen molar-refractivity contribution >= 4 is 38.1 Å². The molecule has 1 aliphatic heterocycles. The number of oxime groups is 1. The molecule has 3 aromatic rings. The van der Waals surface area contributed by atoms with Crippen molar-refractivity contribution in [2.45, 2.75) is 24.0 Å². The van der Waals surface area contributed by atoms with Crippen molar-refractivity contribution in [2.75, 3.05) is 18.5 Å². The molecule has 1 fully saturated rings. The van der Waals surface area contributed by atoms with Gasteiger partial charge >= 0.3 is 0 Å². The normalized spacial score (nSPS) is 16.4. The summed E-state index contributed by atoms with van der Waals surface area (Å²) in [5.41, 5.74) is 0.163. The molecule has 0 unspecified atom stereocenters. The predicted molar refractivity (Wildman–Crippen MR) is 120 cm³/mol. The Bertz CT molecular complexity index is 1260. The van der Waals surface area contributed by atoms with Crippen LogP contribution in [0, 0.1) is 5.13 Å². The Morgan fingerprint density at radius 2 is 2.00 bits per heavy atom. The molecule has 0 radical (unpaired) electrons. The first-order chi connectivity index (χ1) is 16.4. The highest BCUT2D eigenvalue weighted by atomic mass is 32.2. The van der Waals surface area contributed by atoms with Gasteiger partial charge in [-0.3, -0.25) is 10.1 Å². The molecular formula is C20H19FN6O5S2. The van der Waals surface area contributed by atoms with Gasteiger partial charge in [-0.2, -0.15) is 4.39 Å². The minimum absolute atomic E-state index is 0.0287. The number of hydrogen-bond acceptors (Lipinski definition) is 10. The number of carbonyl (C=O) groups excluding carboxylic acids is 1. The second kappa shape index (κ2) is 10.7. The molecule has 178 valence electrons. The van der Waals surface area contributed by atoms with Gasteiger partial charge in [0.05, 0.1) is 30.9 Å². The van der Waals surface area contributed by atoms with E-state index < -0.39 is 21.1 Å². The second-order valence-electron chi connectivity index (χ2n) is 6.97. The number of hydrogen-bond donors (Lipinski definition) is 2. The molecule has 1 aromatic carbocycles. The van der Waals surface area contributed by atoms with E-state index in [0.717, 1.165) is 6.20 Å². The van der Waals surface area contributed by atoms with E-state index in [1.807, 2.05) is 0 Å².